The summed E-state index contributed by atoms with van der Waals surface area (Å²) in [5.74, 6) is 0.156. The number of alkyl halides is 3. The van der Waals surface area contributed by atoms with Crippen molar-refractivity contribution in [3.8, 4) is 0 Å². The molecule has 1 aromatic heterocycles. The third-order valence-corrected chi connectivity index (χ3v) is 5.12. The maximum Gasteiger partial charge on any atom is 0.418 e. The fraction of sp³-hybridized carbons (Fsp3) is 0.389. The first kappa shape index (κ1) is 16.8. The molecule has 2 fully saturated rings. The van der Waals surface area contributed by atoms with Gasteiger partial charge in [-0.15, -0.1) is 5.10 Å². The van der Waals surface area contributed by atoms with Crippen LogP contribution in [-0.4, -0.2) is 47.2 Å². The van der Waals surface area contributed by atoms with E-state index in [-0.39, 0.29) is 23.4 Å². The number of likely N-dealkylation sites (tertiary alicyclic amines) is 1. The molecule has 0 bridgehead atoms. The van der Waals surface area contributed by atoms with E-state index in [2.05, 4.69) is 10.2 Å². The Balaban J connectivity index is 1.47. The van der Waals surface area contributed by atoms with Crippen LogP contribution in [0.1, 0.15) is 16.1 Å². The first-order chi connectivity index (χ1) is 12.4. The number of aromatic nitrogens is 2. The Bertz CT molecular complexity index is 798. The predicted molar refractivity (Wildman–Crippen MR) is 88.6 cm³/mol. The van der Waals surface area contributed by atoms with Crippen molar-refractivity contribution in [2.45, 2.75) is 6.18 Å². The highest BCUT2D eigenvalue weighted by Gasteiger charge is 2.44. The molecule has 2 aromatic rings. The largest absolute Gasteiger partial charge is 0.418 e. The van der Waals surface area contributed by atoms with Crippen LogP contribution in [0.25, 0.3) is 0 Å². The minimum Gasteiger partial charge on any atom is -0.370 e. The molecule has 0 spiro atoms. The number of anilines is 1. The molecule has 1 aromatic carbocycles. The molecule has 0 unspecified atom stereocenters. The number of fused-ring (bicyclic) bond motifs is 1. The van der Waals surface area contributed by atoms with E-state index in [1.165, 1.54) is 18.3 Å². The van der Waals surface area contributed by atoms with E-state index in [4.69, 9.17) is 0 Å². The van der Waals surface area contributed by atoms with Crippen molar-refractivity contribution < 1.29 is 18.0 Å². The van der Waals surface area contributed by atoms with Gasteiger partial charge < -0.3 is 9.80 Å². The van der Waals surface area contributed by atoms with Crippen LogP contribution >= 0.6 is 0 Å². The molecule has 2 atom stereocenters. The number of para-hydroxylation sites is 1. The minimum absolute atomic E-state index is 0.164. The van der Waals surface area contributed by atoms with Crippen LogP contribution in [0.3, 0.4) is 0 Å². The van der Waals surface area contributed by atoms with E-state index < -0.39 is 11.7 Å². The molecular formula is C18H17F3N4O. The second-order valence-electron chi connectivity index (χ2n) is 6.76. The first-order valence-corrected chi connectivity index (χ1v) is 8.41. The lowest BCUT2D eigenvalue weighted by molar-refractivity contribution is -0.137. The summed E-state index contributed by atoms with van der Waals surface area (Å²) < 4.78 is 39.8. The summed E-state index contributed by atoms with van der Waals surface area (Å²) in [7, 11) is 0. The molecule has 5 nitrogen and oxygen atoms in total. The van der Waals surface area contributed by atoms with Crippen molar-refractivity contribution in [1.82, 2.24) is 15.1 Å². The second kappa shape index (κ2) is 6.26. The molecule has 2 aliphatic rings. The Morgan fingerprint density at radius 3 is 2.31 bits per heavy atom. The normalized spacial score (nSPS) is 22.6. The lowest BCUT2D eigenvalue weighted by Gasteiger charge is -2.25. The minimum atomic E-state index is -4.37. The van der Waals surface area contributed by atoms with Crippen molar-refractivity contribution in [1.29, 1.82) is 0 Å². The molecule has 136 valence electrons. The smallest absolute Gasteiger partial charge is 0.370 e. The van der Waals surface area contributed by atoms with Crippen LogP contribution in [0.5, 0.6) is 0 Å². The van der Waals surface area contributed by atoms with Gasteiger partial charge in [0.15, 0.2) is 5.69 Å². The maximum atomic E-state index is 13.3. The van der Waals surface area contributed by atoms with Gasteiger partial charge in [-0.25, -0.2) is 0 Å². The van der Waals surface area contributed by atoms with Crippen LogP contribution in [0.4, 0.5) is 18.9 Å². The zero-order valence-electron chi connectivity index (χ0n) is 13.9. The predicted octanol–water partition coefficient (Wildman–Crippen LogP) is 2.70. The van der Waals surface area contributed by atoms with Crippen LogP contribution in [0.15, 0.2) is 42.6 Å². The number of nitrogens with zero attached hydrogens (tertiary/aromatic N) is 4. The molecular weight excluding hydrogens is 345 g/mol. The van der Waals surface area contributed by atoms with E-state index >= 15 is 0 Å². The number of hydrogen-bond donors (Lipinski definition) is 0. The number of halogens is 3. The molecule has 2 saturated heterocycles. The summed E-state index contributed by atoms with van der Waals surface area (Å²) >= 11 is 0. The molecule has 26 heavy (non-hydrogen) atoms. The SMILES string of the molecule is O=C(c1cccnn1)N1C[C@@H]2CN(c3ccccc3C(F)(F)F)C[C@@H]2C1. The lowest BCUT2D eigenvalue weighted by atomic mass is 10.0. The number of amides is 1. The summed E-state index contributed by atoms with van der Waals surface area (Å²) in [6.45, 7) is 2.10. The molecule has 0 aliphatic carbocycles. The maximum absolute atomic E-state index is 13.3. The van der Waals surface area contributed by atoms with Gasteiger partial charge in [0.05, 0.1) is 5.56 Å². The van der Waals surface area contributed by atoms with Gasteiger partial charge in [-0.05, 0) is 24.3 Å². The molecule has 0 N–H and O–H groups in total. The topological polar surface area (TPSA) is 49.3 Å². The van der Waals surface area contributed by atoms with Gasteiger partial charge in [-0.3, -0.25) is 4.79 Å². The summed E-state index contributed by atoms with van der Waals surface area (Å²) in [6.07, 6.45) is -2.87. The van der Waals surface area contributed by atoms with Crippen LogP contribution < -0.4 is 4.90 Å². The quantitative estimate of drug-likeness (QED) is 0.824. The fourth-order valence-electron chi connectivity index (χ4n) is 3.92. The number of carbonyl (C=O) groups excluding carboxylic acids is 1. The molecule has 1 amide bonds. The highest BCUT2D eigenvalue weighted by atomic mass is 19.4. The van der Waals surface area contributed by atoms with Gasteiger partial charge in [0.1, 0.15) is 0 Å². The Morgan fingerprint density at radius 1 is 1.00 bits per heavy atom. The average Bonchev–Trinajstić information content (AvgIpc) is 3.20. The molecule has 0 saturated carbocycles. The second-order valence-corrected chi connectivity index (χ2v) is 6.76. The third kappa shape index (κ3) is 3.00. The van der Waals surface area contributed by atoms with E-state index in [1.807, 2.05) is 0 Å². The highest BCUT2D eigenvalue weighted by molar-refractivity contribution is 5.92. The van der Waals surface area contributed by atoms with Gasteiger partial charge in [0, 0.05) is 49.9 Å². The highest BCUT2D eigenvalue weighted by Crippen LogP contribution is 2.40. The zero-order valence-corrected chi connectivity index (χ0v) is 13.9. The van der Waals surface area contributed by atoms with E-state index in [0.717, 1.165) is 6.07 Å². The zero-order chi connectivity index (χ0) is 18.3. The van der Waals surface area contributed by atoms with Crippen molar-refractivity contribution in [2.75, 3.05) is 31.1 Å². The molecule has 3 heterocycles. The molecule has 4 rings (SSSR count). The van der Waals surface area contributed by atoms with Crippen LogP contribution in [0, 0.1) is 11.8 Å². The Labute approximate surface area is 148 Å². The third-order valence-electron chi connectivity index (χ3n) is 5.12. The molecule has 8 heteroatoms. The Hall–Kier alpha value is -2.64. The average molecular weight is 362 g/mol. The van der Waals surface area contributed by atoms with Crippen molar-refractivity contribution in [2.24, 2.45) is 11.8 Å². The number of rotatable bonds is 2. The summed E-state index contributed by atoms with van der Waals surface area (Å²) in [4.78, 5) is 16.0. The lowest BCUT2D eigenvalue weighted by Crippen LogP contribution is -2.34. The van der Waals surface area contributed by atoms with Gasteiger partial charge in [-0.1, -0.05) is 12.1 Å². The fourth-order valence-corrected chi connectivity index (χ4v) is 3.92. The van der Waals surface area contributed by atoms with Crippen molar-refractivity contribution in [3.05, 3.63) is 53.9 Å². The Kier molecular flexibility index (Phi) is 4.05. The van der Waals surface area contributed by atoms with E-state index in [1.54, 1.807) is 28.0 Å². The monoisotopic (exact) mass is 362 g/mol. The van der Waals surface area contributed by atoms with Gasteiger partial charge in [0.2, 0.25) is 0 Å². The van der Waals surface area contributed by atoms with E-state index in [0.29, 0.717) is 31.9 Å². The van der Waals surface area contributed by atoms with Gasteiger partial charge in [0.25, 0.3) is 5.91 Å². The first-order valence-electron chi connectivity index (χ1n) is 8.41. The number of benzene rings is 1. The summed E-state index contributed by atoms with van der Waals surface area (Å²) in [5.41, 5.74) is -0.0829. The van der Waals surface area contributed by atoms with Gasteiger partial charge >= 0.3 is 6.18 Å². The standard InChI is InChI=1S/C18H17F3N4O/c19-18(20,21)14-4-1-2-6-16(14)24-8-12-10-25(11-13(12)9-24)17(26)15-5-3-7-22-23-15/h1-7,12-13H,8-11H2/t12-,13+. The van der Waals surface area contributed by atoms with E-state index in [9.17, 15) is 18.0 Å². The Morgan fingerprint density at radius 2 is 1.69 bits per heavy atom. The molecule has 0 radical (unpaired) electrons. The van der Waals surface area contributed by atoms with Crippen LogP contribution in [0.2, 0.25) is 0 Å². The van der Waals surface area contributed by atoms with Crippen molar-refractivity contribution in [3.63, 3.8) is 0 Å². The summed E-state index contributed by atoms with van der Waals surface area (Å²) in [6, 6.07) is 8.95. The number of hydrogen-bond acceptors (Lipinski definition) is 4. The van der Waals surface area contributed by atoms with Gasteiger partial charge in [-0.2, -0.15) is 18.3 Å². The summed E-state index contributed by atoms with van der Waals surface area (Å²) in [5, 5.41) is 7.56. The number of carbonyl (C=O) groups is 1. The van der Waals surface area contributed by atoms with Crippen LogP contribution in [-0.2, 0) is 6.18 Å². The van der Waals surface area contributed by atoms with Crippen molar-refractivity contribution >= 4 is 11.6 Å². The molecule has 2 aliphatic heterocycles.